The van der Waals surface area contributed by atoms with Crippen LogP contribution in [-0.4, -0.2) is 29.3 Å². The molecular weight excluding hydrogens is 377 g/mol. The molecule has 1 amide bonds. The van der Waals surface area contributed by atoms with Crippen LogP contribution in [0, 0.1) is 0 Å². The fourth-order valence-corrected chi connectivity index (χ4v) is 2.15. The van der Waals surface area contributed by atoms with Gasteiger partial charge in [-0.05, 0) is 48.4 Å². The quantitative estimate of drug-likeness (QED) is 0.557. The number of rotatable bonds is 7. The molecule has 0 saturated carbocycles. The third-order valence-electron chi connectivity index (χ3n) is 3.56. The Morgan fingerprint density at radius 1 is 1.21 bits per heavy atom. The SMILES string of the molecule is C[C@H](Oc1ccc(/C=N/NC(=O)Cc2cccc(C(F)(F)F)c2)cc1)C(=O)O. The number of nitrogens with zero attached hydrogens (tertiary/aromatic N) is 1. The summed E-state index contributed by atoms with van der Waals surface area (Å²) >= 11 is 0. The van der Waals surface area contributed by atoms with E-state index in [1.54, 1.807) is 24.3 Å². The van der Waals surface area contributed by atoms with E-state index < -0.39 is 29.7 Å². The van der Waals surface area contributed by atoms with Gasteiger partial charge in [-0.2, -0.15) is 18.3 Å². The molecule has 2 rings (SSSR count). The average Bonchev–Trinajstić information content (AvgIpc) is 2.62. The third kappa shape index (κ3) is 6.42. The Labute approximate surface area is 158 Å². The second-order valence-electron chi connectivity index (χ2n) is 5.84. The number of aliphatic carboxylic acids is 1. The number of amides is 1. The lowest BCUT2D eigenvalue weighted by Gasteiger charge is -2.10. The van der Waals surface area contributed by atoms with Crippen molar-refractivity contribution in [3.63, 3.8) is 0 Å². The van der Waals surface area contributed by atoms with Crippen molar-refractivity contribution in [3.8, 4) is 5.75 Å². The molecule has 0 aliphatic carbocycles. The first-order valence-electron chi connectivity index (χ1n) is 8.12. The summed E-state index contributed by atoms with van der Waals surface area (Å²) in [6, 6.07) is 10.8. The first kappa shape index (κ1) is 20.9. The Bertz CT molecular complexity index is 864. The summed E-state index contributed by atoms with van der Waals surface area (Å²) in [5.74, 6) is -1.29. The van der Waals surface area contributed by atoms with Crippen LogP contribution in [0.2, 0.25) is 0 Å². The van der Waals surface area contributed by atoms with Crippen molar-refractivity contribution < 1.29 is 32.6 Å². The normalized spacial score (nSPS) is 12.6. The molecule has 0 aliphatic rings. The Hall–Kier alpha value is -3.36. The van der Waals surface area contributed by atoms with Gasteiger partial charge in [-0.1, -0.05) is 18.2 Å². The monoisotopic (exact) mass is 394 g/mol. The molecule has 9 heteroatoms. The van der Waals surface area contributed by atoms with Gasteiger partial charge in [0.1, 0.15) is 5.75 Å². The largest absolute Gasteiger partial charge is 0.479 e. The molecule has 0 saturated heterocycles. The summed E-state index contributed by atoms with van der Waals surface area (Å²) in [5.41, 5.74) is 2.25. The van der Waals surface area contributed by atoms with Gasteiger partial charge >= 0.3 is 12.1 Å². The minimum absolute atomic E-state index is 0.219. The summed E-state index contributed by atoms with van der Waals surface area (Å²) in [7, 11) is 0. The summed E-state index contributed by atoms with van der Waals surface area (Å²) in [4.78, 5) is 22.6. The Morgan fingerprint density at radius 3 is 2.50 bits per heavy atom. The zero-order valence-corrected chi connectivity index (χ0v) is 14.7. The van der Waals surface area contributed by atoms with Crippen LogP contribution in [0.3, 0.4) is 0 Å². The van der Waals surface area contributed by atoms with E-state index in [0.717, 1.165) is 12.1 Å². The van der Waals surface area contributed by atoms with E-state index in [1.807, 2.05) is 0 Å². The maximum Gasteiger partial charge on any atom is 0.416 e. The number of alkyl halides is 3. The van der Waals surface area contributed by atoms with Crippen LogP contribution in [0.25, 0.3) is 0 Å². The molecule has 0 radical (unpaired) electrons. The van der Waals surface area contributed by atoms with Gasteiger partial charge in [0.15, 0.2) is 6.10 Å². The molecule has 28 heavy (non-hydrogen) atoms. The van der Waals surface area contributed by atoms with Crippen molar-refractivity contribution in [2.75, 3.05) is 0 Å². The number of benzene rings is 2. The Morgan fingerprint density at radius 2 is 1.89 bits per heavy atom. The van der Waals surface area contributed by atoms with Crippen LogP contribution in [-0.2, 0) is 22.2 Å². The topological polar surface area (TPSA) is 88.0 Å². The number of nitrogens with one attached hydrogen (secondary N) is 1. The van der Waals surface area contributed by atoms with E-state index in [4.69, 9.17) is 9.84 Å². The molecule has 0 aliphatic heterocycles. The van der Waals surface area contributed by atoms with Gasteiger partial charge in [0, 0.05) is 0 Å². The lowest BCUT2D eigenvalue weighted by molar-refractivity contribution is -0.144. The molecule has 0 bridgehead atoms. The highest BCUT2D eigenvalue weighted by Gasteiger charge is 2.30. The summed E-state index contributed by atoms with van der Waals surface area (Å²) < 4.78 is 43.2. The molecule has 0 fully saturated rings. The molecule has 0 aromatic heterocycles. The van der Waals surface area contributed by atoms with E-state index in [1.165, 1.54) is 25.3 Å². The first-order valence-corrected chi connectivity index (χ1v) is 8.12. The molecule has 148 valence electrons. The number of halogens is 3. The van der Waals surface area contributed by atoms with Crippen LogP contribution in [0.5, 0.6) is 5.75 Å². The Kier molecular flexibility index (Phi) is 6.75. The van der Waals surface area contributed by atoms with E-state index in [0.29, 0.717) is 11.3 Å². The second kappa shape index (κ2) is 9.03. The van der Waals surface area contributed by atoms with Crippen LogP contribution >= 0.6 is 0 Å². The van der Waals surface area contributed by atoms with Crippen molar-refractivity contribution in [1.29, 1.82) is 0 Å². The van der Waals surface area contributed by atoms with Gasteiger partial charge in [0.05, 0.1) is 18.2 Å². The van der Waals surface area contributed by atoms with E-state index in [-0.39, 0.29) is 12.0 Å². The summed E-state index contributed by atoms with van der Waals surface area (Å²) in [5, 5.41) is 12.5. The second-order valence-corrected chi connectivity index (χ2v) is 5.84. The molecular formula is C19H17F3N2O4. The number of carboxylic acids is 1. The Balaban J connectivity index is 1.89. The zero-order chi connectivity index (χ0) is 20.7. The predicted molar refractivity (Wildman–Crippen MR) is 95.1 cm³/mol. The van der Waals surface area contributed by atoms with Crippen molar-refractivity contribution in [3.05, 3.63) is 65.2 Å². The van der Waals surface area contributed by atoms with Gasteiger partial charge in [-0.25, -0.2) is 10.2 Å². The van der Waals surface area contributed by atoms with Crippen molar-refractivity contribution in [2.24, 2.45) is 5.10 Å². The number of carbonyl (C=O) groups is 2. The smallest absolute Gasteiger partial charge is 0.416 e. The van der Waals surface area contributed by atoms with Crippen LogP contribution in [0.4, 0.5) is 13.2 Å². The van der Waals surface area contributed by atoms with Gasteiger partial charge in [0.25, 0.3) is 0 Å². The molecule has 0 unspecified atom stereocenters. The average molecular weight is 394 g/mol. The fourth-order valence-electron chi connectivity index (χ4n) is 2.15. The molecule has 1 atom stereocenters. The molecule has 0 heterocycles. The third-order valence-corrected chi connectivity index (χ3v) is 3.56. The molecule has 2 N–H and O–H groups in total. The van der Waals surface area contributed by atoms with E-state index in [2.05, 4.69) is 10.5 Å². The maximum absolute atomic E-state index is 12.7. The highest BCUT2D eigenvalue weighted by molar-refractivity contribution is 5.83. The van der Waals surface area contributed by atoms with Gasteiger partial charge in [-0.3, -0.25) is 4.79 Å². The lowest BCUT2D eigenvalue weighted by Crippen LogP contribution is -2.22. The molecule has 0 spiro atoms. The number of carbonyl (C=O) groups excluding carboxylic acids is 1. The highest BCUT2D eigenvalue weighted by atomic mass is 19.4. The van der Waals surface area contributed by atoms with Gasteiger partial charge < -0.3 is 9.84 Å². The van der Waals surface area contributed by atoms with Crippen LogP contribution in [0.15, 0.2) is 53.6 Å². The summed E-state index contributed by atoms with van der Waals surface area (Å²) in [6.45, 7) is 1.40. The number of hydrogen-bond donors (Lipinski definition) is 2. The van der Waals surface area contributed by atoms with Crippen LogP contribution in [0.1, 0.15) is 23.6 Å². The summed E-state index contributed by atoms with van der Waals surface area (Å²) in [6.07, 6.45) is -4.37. The fraction of sp³-hybridized carbons (Fsp3) is 0.211. The highest BCUT2D eigenvalue weighted by Crippen LogP contribution is 2.29. The molecule has 2 aromatic carbocycles. The number of carboxylic acid groups (broad SMARTS) is 1. The zero-order valence-electron chi connectivity index (χ0n) is 14.7. The number of hydrogen-bond acceptors (Lipinski definition) is 4. The minimum Gasteiger partial charge on any atom is -0.479 e. The molecule has 2 aromatic rings. The predicted octanol–water partition coefficient (Wildman–Crippen LogP) is 3.25. The van der Waals surface area contributed by atoms with Crippen molar-refractivity contribution in [1.82, 2.24) is 5.43 Å². The van der Waals surface area contributed by atoms with Crippen molar-refractivity contribution in [2.45, 2.75) is 25.6 Å². The number of hydrazone groups is 1. The van der Waals surface area contributed by atoms with E-state index in [9.17, 15) is 22.8 Å². The molecule has 6 nitrogen and oxygen atoms in total. The lowest BCUT2D eigenvalue weighted by atomic mass is 10.1. The standard InChI is InChI=1S/C19H17F3N2O4/c1-12(18(26)27)28-16-7-5-13(6-8-16)11-23-24-17(25)10-14-3-2-4-15(9-14)19(20,21)22/h2-9,11-12H,10H2,1H3,(H,24,25)(H,26,27)/b23-11+/t12-/m0/s1. The van der Waals surface area contributed by atoms with Gasteiger partial charge in [-0.15, -0.1) is 0 Å². The van der Waals surface area contributed by atoms with Crippen LogP contribution < -0.4 is 10.2 Å². The van der Waals surface area contributed by atoms with Crippen molar-refractivity contribution >= 4 is 18.1 Å². The maximum atomic E-state index is 12.7. The first-order chi connectivity index (χ1) is 13.1. The van der Waals surface area contributed by atoms with E-state index >= 15 is 0 Å². The minimum atomic E-state index is -4.47. The number of ether oxygens (including phenoxy) is 1. The van der Waals surface area contributed by atoms with Gasteiger partial charge in [0.2, 0.25) is 5.91 Å².